The number of amides is 2. The molecule has 0 spiro atoms. The molecule has 1 aromatic rings. The van der Waals surface area contributed by atoms with E-state index in [4.69, 9.17) is 18.9 Å². The Morgan fingerprint density at radius 2 is 1.82 bits per heavy atom. The highest BCUT2D eigenvalue weighted by Gasteiger charge is 2.57. The van der Waals surface area contributed by atoms with Gasteiger partial charge in [-0.15, -0.1) is 0 Å². The van der Waals surface area contributed by atoms with Crippen LogP contribution < -0.4 is 20.1 Å². The second kappa shape index (κ2) is 13.5. The number of benzene rings is 1. The van der Waals surface area contributed by atoms with Crippen LogP contribution in [-0.4, -0.2) is 109 Å². The zero-order chi connectivity index (χ0) is 36.1. The summed E-state index contributed by atoms with van der Waals surface area (Å²) in [6.07, 6.45) is -0.168. The van der Waals surface area contributed by atoms with Gasteiger partial charge in [0.1, 0.15) is 23.4 Å². The van der Waals surface area contributed by atoms with Crippen LogP contribution in [0.25, 0.3) is 0 Å². The average Bonchev–Trinajstić information content (AvgIpc) is 3.03. The number of carbonyl (C=O) groups excluding carboxylic acids is 4. The fourth-order valence-electron chi connectivity index (χ4n) is 7.72. The van der Waals surface area contributed by atoms with E-state index in [2.05, 4.69) is 21.6 Å². The molecule has 0 radical (unpaired) electrons. The summed E-state index contributed by atoms with van der Waals surface area (Å²) in [4.78, 5) is 56.6. The first kappa shape index (κ1) is 35.8. The molecule has 0 saturated carbocycles. The van der Waals surface area contributed by atoms with Crippen LogP contribution in [0.2, 0.25) is 0 Å². The van der Waals surface area contributed by atoms with Crippen LogP contribution in [0.15, 0.2) is 28.5 Å². The second-order valence-electron chi connectivity index (χ2n) is 14.0. The van der Waals surface area contributed by atoms with Crippen LogP contribution in [0.4, 0.5) is 4.79 Å². The summed E-state index contributed by atoms with van der Waals surface area (Å²) in [5.74, 6) is -1.42. The second-order valence-corrected chi connectivity index (χ2v) is 14.0. The summed E-state index contributed by atoms with van der Waals surface area (Å²) < 4.78 is 22.5. The van der Waals surface area contributed by atoms with E-state index in [1.165, 1.54) is 21.0 Å². The van der Waals surface area contributed by atoms with Crippen molar-refractivity contribution in [1.82, 2.24) is 20.4 Å². The molecule has 264 valence electrons. The van der Waals surface area contributed by atoms with Crippen molar-refractivity contribution in [2.75, 3.05) is 34.6 Å². The molecule has 1 saturated heterocycles. The number of aryl methyl sites for hydroxylation is 1. The molecule has 49 heavy (non-hydrogen) atoms. The van der Waals surface area contributed by atoms with Crippen molar-refractivity contribution < 1.29 is 43.2 Å². The predicted octanol–water partition coefficient (Wildman–Crippen LogP) is 2.54. The fourth-order valence-corrected chi connectivity index (χ4v) is 7.72. The summed E-state index contributed by atoms with van der Waals surface area (Å²) in [6.45, 7) is 9.71. The number of likely N-dealkylation sites (N-methyl/N-ethyl adjacent to an activating group) is 1. The van der Waals surface area contributed by atoms with E-state index in [0.717, 1.165) is 16.7 Å². The molecule has 3 N–H and O–H groups in total. The topological polar surface area (TPSA) is 180 Å². The number of hydrogen-bond donors (Lipinski definition) is 3. The van der Waals surface area contributed by atoms with E-state index < -0.39 is 59.4 Å². The summed E-state index contributed by atoms with van der Waals surface area (Å²) in [6, 6.07) is 0.496. The van der Waals surface area contributed by atoms with Gasteiger partial charge in [-0.3, -0.25) is 24.2 Å². The number of aliphatic hydroxyl groups is 1. The van der Waals surface area contributed by atoms with E-state index in [-0.39, 0.29) is 42.7 Å². The molecule has 4 aliphatic rings. The maximum absolute atomic E-state index is 13.7. The Hall–Kier alpha value is -4.45. The first-order valence-corrected chi connectivity index (χ1v) is 16.3. The molecule has 0 aromatic heterocycles. The Labute approximate surface area is 286 Å². The normalized spacial score (nSPS) is 25.8. The molecule has 14 heteroatoms. The molecule has 2 bridgehead atoms. The van der Waals surface area contributed by atoms with Crippen LogP contribution in [0.3, 0.4) is 0 Å². The van der Waals surface area contributed by atoms with Crippen molar-refractivity contribution in [3.8, 4) is 17.6 Å². The fraction of sp³-hybridized carbons (Fsp3) is 0.571. The van der Waals surface area contributed by atoms with E-state index in [9.17, 15) is 29.5 Å². The largest absolute Gasteiger partial charge is 0.507 e. The number of ketones is 2. The lowest BCUT2D eigenvalue weighted by Crippen LogP contribution is -2.71. The third-order valence-electron chi connectivity index (χ3n) is 9.78. The van der Waals surface area contributed by atoms with Gasteiger partial charge < -0.3 is 34.7 Å². The van der Waals surface area contributed by atoms with Crippen molar-refractivity contribution in [2.45, 2.75) is 96.2 Å². The zero-order valence-corrected chi connectivity index (χ0v) is 29.4. The van der Waals surface area contributed by atoms with Crippen LogP contribution in [-0.2, 0) is 30.3 Å². The number of carbonyl (C=O) groups is 4. The van der Waals surface area contributed by atoms with Crippen LogP contribution in [0.5, 0.6) is 11.5 Å². The van der Waals surface area contributed by atoms with Gasteiger partial charge in [-0.1, -0.05) is 6.07 Å². The van der Waals surface area contributed by atoms with Crippen LogP contribution >= 0.6 is 0 Å². The molecule has 2 amide bonds. The van der Waals surface area contributed by atoms with Gasteiger partial charge in [-0.25, -0.2) is 4.79 Å². The molecule has 1 fully saturated rings. The number of nitrogens with one attached hydrogen (secondary N) is 2. The molecule has 6 atom stereocenters. The predicted molar refractivity (Wildman–Crippen MR) is 176 cm³/mol. The first-order valence-electron chi connectivity index (χ1n) is 16.3. The highest BCUT2D eigenvalue weighted by molar-refractivity contribution is 6.50. The molecular weight excluding hydrogens is 634 g/mol. The third kappa shape index (κ3) is 6.26. The molecule has 5 rings (SSSR count). The minimum atomic E-state index is -1.01. The lowest BCUT2D eigenvalue weighted by Gasteiger charge is -2.60. The smallest absolute Gasteiger partial charge is 0.408 e. The summed E-state index contributed by atoms with van der Waals surface area (Å²) in [5.41, 5.74) is 2.20. The van der Waals surface area contributed by atoms with Crippen LogP contribution in [0.1, 0.15) is 63.8 Å². The summed E-state index contributed by atoms with van der Waals surface area (Å²) >= 11 is 0. The van der Waals surface area contributed by atoms with E-state index in [0.29, 0.717) is 23.5 Å². The number of nitriles is 1. The van der Waals surface area contributed by atoms with Gasteiger partial charge >= 0.3 is 6.09 Å². The van der Waals surface area contributed by atoms with Gasteiger partial charge in [0, 0.05) is 48.0 Å². The van der Waals surface area contributed by atoms with Crippen molar-refractivity contribution in [1.29, 1.82) is 5.26 Å². The third-order valence-corrected chi connectivity index (χ3v) is 9.78. The first-order chi connectivity index (χ1) is 23.1. The van der Waals surface area contributed by atoms with Crippen molar-refractivity contribution >= 4 is 23.6 Å². The maximum Gasteiger partial charge on any atom is 0.408 e. The van der Waals surface area contributed by atoms with Crippen molar-refractivity contribution in [3.05, 3.63) is 45.2 Å². The Bertz CT molecular complexity index is 1690. The number of alkyl carbamates (subject to hydrolysis) is 1. The number of ether oxygens (including phenoxy) is 4. The minimum Gasteiger partial charge on any atom is -0.507 e. The van der Waals surface area contributed by atoms with Gasteiger partial charge in [0.2, 0.25) is 17.5 Å². The number of hydrogen-bond acceptors (Lipinski definition) is 12. The van der Waals surface area contributed by atoms with Crippen molar-refractivity contribution in [2.24, 2.45) is 0 Å². The number of piperazine rings is 1. The monoisotopic (exact) mass is 679 g/mol. The van der Waals surface area contributed by atoms with Gasteiger partial charge in [0.05, 0.1) is 25.3 Å². The molecular formula is C35H45N5O9. The number of nitrogens with zero attached hydrogens (tertiary/aromatic N) is 3. The number of rotatable bonds is 8. The van der Waals surface area contributed by atoms with Gasteiger partial charge in [-0.2, -0.15) is 5.26 Å². The van der Waals surface area contributed by atoms with Gasteiger partial charge in [-0.05, 0) is 72.6 Å². The van der Waals surface area contributed by atoms with E-state index in [1.54, 1.807) is 27.9 Å². The number of Topliss-reactive ketones (excluding diaryl/α,β-unsaturated/α-hetero) is 2. The standard InChI is InChI=1S/C35H45N5O9/c1-16-10-19-11-21-23(13-36)40-22(27(39(21)7)25(19)32(31(16)47-9)48-15-46-8)12-20-26(30(43)29(42)17(2)28(20)41)24(40)14-37-33(44)18(3)38-34(45)49-35(4,5)6/h10,18,21-24,27,41H,11-12,14-15H2,1-9H3,(H,37,44)(H,38,45)/t18-,21+,22?,23?,24+,27+/m1/s1. The lowest BCUT2D eigenvalue weighted by atomic mass is 9.70. The van der Waals surface area contributed by atoms with Gasteiger partial charge in [0.25, 0.3) is 0 Å². The minimum absolute atomic E-state index is 0.0415. The Kier molecular flexibility index (Phi) is 9.84. The highest BCUT2D eigenvalue weighted by atomic mass is 16.7. The quantitative estimate of drug-likeness (QED) is 0.208. The number of fused-ring (bicyclic) bond motifs is 6. The number of methoxy groups -OCH3 is 2. The number of aliphatic hydroxyl groups excluding tert-OH is 1. The van der Waals surface area contributed by atoms with Gasteiger partial charge in [0.15, 0.2) is 18.3 Å². The Balaban J connectivity index is 1.61. The molecule has 2 unspecified atom stereocenters. The Morgan fingerprint density at radius 3 is 2.43 bits per heavy atom. The molecule has 3 aliphatic heterocycles. The summed E-state index contributed by atoms with van der Waals surface area (Å²) in [7, 11) is 5.02. The number of allylic oxidation sites excluding steroid dienone is 2. The molecule has 14 nitrogen and oxygen atoms in total. The van der Waals surface area contributed by atoms with E-state index >= 15 is 0 Å². The Morgan fingerprint density at radius 1 is 1.12 bits per heavy atom. The molecule has 1 aliphatic carbocycles. The SMILES string of the molecule is COCOc1c(OC)c(C)cc2c1[C@@H]1C3CC4=C(C(=O)C(=O)C(C)=C4O)[C@H](CNC(=O)[C@@H](C)NC(=O)OC(C)(C)C)N3C(C#N)[C@H](C2)N1C. The maximum atomic E-state index is 13.7. The molecule has 3 heterocycles. The summed E-state index contributed by atoms with van der Waals surface area (Å²) in [5, 5.41) is 27.4. The molecule has 1 aromatic carbocycles. The zero-order valence-electron chi connectivity index (χ0n) is 29.4. The lowest BCUT2D eigenvalue weighted by molar-refractivity contribution is -0.134. The van der Waals surface area contributed by atoms with Crippen LogP contribution in [0, 0.1) is 18.3 Å². The average molecular weight is 680 g/mol. The van der Waals surface area contributed by atoms with Crippen molar-refractivity contribution in [3.63, 3.8) is 0 Å². The van der Waals surface area contributed by atoms with E-state index in [1.807, 2.05) is 24.9 Å². The highest BCUT2D eigenvalue weighted by Crippen LogP contribution is 2.54.